The number of halogens is 1. The summed E-state index contributed by atoms with van der Waals surface area (Å²) in [5, 5.41) is 9.19. The number of nitrogens with zero attached hydrogens (tertiary/aromatic N) is 9. The number of methoxy groups -OCH3 is 1. The van der Waals surface area contributed by atoms with Gasteiger partial charge < -0.3 is 29.0 Å². The van der Waals surface area contributed by atoms with Crippen LogP contribution in [0.15, 0.2) is 67.1 Å². The number of fused-ring (bicyclic) bond motifs is 6. The van der Waals surface area contributed by atoms with Gasteiger partial charge in [-0.2, -0.15) is 5.10 Å². The van der Waals surface area contributed by atoms with Crippen LogP contribution in [0.3, 0.4) is 0 Å². The van der Waals surface area contributed by atoms with Crippen molar-refractivity contribution >= 4 is 52.1 Å². The van der Waals surface area contributed by atoms with Crippen LogP contribution >= 0.6 is 7.14 Å². The molecular weight excluding hydrogens is 670 g/mol. The van der Waals surface area contributed by atoms with Gasteiger partial charge in [-0.25, -0.2) is 29.0 Å². The minimum atomic E-state index is -2.89. The number of aromatic nitrogens is 7. The van der Waals surface area contributed by atoms with E-state index in [4.69, 9.17) is 19.7 Å². The Balaban J connectivity index is 1.22. The van der Waals surface area contributed by atoms with E-state index < -0.39 is 19.0 Å². The van der Waals surface area contributed by atoms with Gasteiger partial charge in [0.05, 0.1) is 46.6 Å². The van der Waals surface area contributed by atoms with Crippen molar-refractivity contribution in [1.82, 2.24) is 39.2 Å². The van der Waals surface area contributed by atoms with E-state index in [1.807, 2.05) is 42.2 Å². The number of ether oxygens (including phenoxy) is 1. The molecule has 8 rings (SSSR count). The van der Waals surface area contributed by atoms with Crippen LogP contribution in [0.5, 0.6) is 0 Å². The number of imidazole rings is 1. The van der Waals surface area contributed by atoms with Crippen molar-refractivity contribution in [3.63, 3.8) is 0 Å². The van der Waals surface area contributed by atoms with Gasteiger partial charge in [-0.15, -0.1) is 0 Å². The van der Waals surface area contributed by atoms with Crippen LogP contribution in [0.4, 0.5) is 16.0 Å². The molecule has 4 aromatic heterocycles. The lowest BCUT2D eigenvalue weighted by atomic mass is 10.1. The van der Waals surface area contributed by atoms with Crippen molar-refractivity contribution in [1.29, 1.82) is 0 Å². The van der Waals surface area contributed by atoms with Gasteiger partial charge in [0.15, 0.2) is 5.65 Å². The SMILES string of the molecule is COC1CN(C)C(=O)[C@@H]2C[C@@H](CN2c2ncnc3c2cnn3-c2ccc(F)cc2P(C)(C)=O)Nc2cccc(n2)-c2cccc3nc(C)n(c23)C1. The third-order valence-corrected chi connectivity index (χ3v) is 11.4. The molecule has 1 unspecified atom stereocenters. The zero-order valence-electron chi connectivity index (χ0n) is 29.0. The van der Waals surface area contributed by atoms with Gasteiger partial charge >= 0.3 is 0 Å². The normalized spacial score (nSPS) is 19.7. The molecule has 4 bridgehead atoms. The molecule has 15 heteroatoms. The number of nitrogens with one attached hydrogen (secondary N) is 1. The molecule has 1 N–H and O–H groups in total. The number of carbonyl (C=O) groups is 1. The van der Waals surface area contributed by atoms with E-state index in [0.717, 1.165) is 28.1 Å². The Labute approximate surface area is 293 Å². The largest absolute Gasteiger partial charge is 0.378 e. The van der Waals surface area contributed by atoms with E-state index in [2.05, 4.69) is 26.0 Å². The van der Waals surface area contributed by atoms with E-state index in [-0.39, 0.29) is 18.1 Å². The summed E-state index contributed by atoms with van der Waals surface area (Å²) in [6.07, 6.45) is 3.25. The number of pyridine rings is 1. The lowest BCUT2D eigenvalue weighted by Gasteiger charge is -2.30. The van der Waals surface area contributed by atoms with E-state index in [1.165, 1.54) is 18.5 Å². The lowest BCUT2D eigenvalue weighted by molar-refractivity contribution is -0.132. The second kappa shape index (κ2) is 12.5. The number of anilines is 2. The molecule has 6 heterocycles. The first kappa shape index (κ1) is 33.0. The Bertz CT molecular complexity index is 2370. The molecule has 0 saturated carbocycles. The number of likely N-dealkylation sites (N-methyl/N-ethyl adjacent to an activating group) is 1. The fourth-order valence-corrected chi connectivity index (χ4v) is 8.57. The lowest BCUT2D eigenvalue weighted by Crippen LogP contribution is -2.47. The average Bonchev–Trinajstić information content (AvgIpc) is 3.82. The van der Waals surface area contributed by atoms with Crippen molar-refractivity contribution in [2.24, 2.45) is 0 Å². The van der Waals surface area contributed by atoms with Crippen LogP contribution < -0.4 is 15.5 Å². The molecule has 262 valence electrons. The van der Waals surface area contributed by atoms with Crippen molar-refractivity contribution in [2.75, 3.05) is 50.8 Å². The standard InChI is InChI=1S/C36H38FN10O3P/c1-21-41-28-10-6-8-25-27-9-7-11-32(43-27)42-23-15-30(36(48)44(2)18-24(50-3)19-45(21)33(25)28)46(17-23)34-26-16-40-47(35(26)39-20-38-34)29-13-12-22(37)14-31(29)51(4,5)49/h6-14,16,20,23-24,30H,15,17-19H2,1-5H3,(H,42,43)/t23-,24?,30-/m0/s1. The average molecular weight is 709 g/mol. The highest BCUT2D eigenvalue weighted by molar-refractivity contribution is 7.70. The zero-order valence-corrected chi connectivity index (χ0v) is 29.9. The third-order valence-electron chi connectivity index (χ3n) is 9.86. The molecule has 2 aromatic carbocycles. The first-order chi connectivity index (χ1) is 24.5. The van der Waals surface area contributed by atoms with Crippen LogP contribution in [0.25, 0.3) is 39.0 Å². The number of carbonyl (C=O) groups excluding carboxylic acids is 1. The van der Waals surface area contributed by atoms with Crippen molar-refractivity contribution in [2.45, 2.75) is 38.1 Å². The number of benzene rings is 2. The number of rotatable bonds is 4. The summed E-state index contributed by atoms with van der Waals surface area (Å²) in [6.45, 7) is 6.46. The number of aryl methyl sites for hydroxylation is 1. The summed E-state index contributed by atoms with van der Waals surface area (Å²) < 4.78 is 37.2. The molecule has 6 aromatic rings. The summed E-state index contributed by atoms with van der Waals surface area (Å²) in [6, 6.07) is 15.4. The first-order valence-corrected chi connectivity index (χ1v) is 19.4. The summed E-state index contributed by atoms with van der Waals surface area (Å²) in [4.78, 5) is 37.3. The fourth-order valence-electron chi connectivity index (χ4n) is 7.42. The predicted molar refractivity (Wildman–Crippen MR) is 195 cm³/mol. The van der Waals surface area contributed by atoms with Gasteiger partial charge in [-0.05, 0) is 63.1 Å². The maximum absolute atomic E-state index is 14.5. The molecule has 13 nitrogen and oxygen atoms in total. The summed E-state index contributed by atoms with van der Waals surface area (Å²) >= 11 is 0. The molecule has 1 fully saturated rings. The predicted octanol–water partition coefficient (Wildman–Crippen LogP) is 4.47. The third kappa shape index (κ3) is 5.81. The molecule has 2 aliphatic heterocycles. The van der Waals surface area contributed by atoms with E-state index in [1.54, 1.807) is 49.3 Å². The number of amides is 1. The Morgan fingerprint density at radius 3 is 2.65 bits per heavy atom. The van der Waals surface area contributed by atoms with Crippen molar-refractivity contribution < 1.29 is 18.5 Å². The Morgan fingerprint density at radius 2 is 1.84 bits per heavy atom. The van der Waals surface area contributed by atoms with Crippen molar-refractivity contribution in [3.8, 4) is 16.9 Å². The zero-order chi connectivity index (χ0) is 35.6. The molecule has 51 heavy (non-hydrogen) atoms. The minimum absolute atomic E-state index is 0.0799. The maximum Gasteiger partial charge on any atom is 0.245 e. The van der Waals surface area contributed by atoms with Gasteiger partial charge in [-0.3, -0.25) is 4.79 Å². The molecule has 0 radical (unpaired) electrons. The van der Waals surface area contributed by atoms with Gasteiger partial charge in [0.25, 0.3) is 0 Å². The number of hydrogen-bond acceptors (Lipinski definition) is 10. The fraction of sp³-hybridized carbons (Fsp3) is 0.333. The molecule has 0 aliphatic carbocycles. The number of hydrogen-bond donors (Lipinski definition) is 1. The second-order valence-corrected chi connectivity index (χ2v) is 16.8. The van der Waals surface area contributed by atoms with Gasteiger partial charge in [0.2, 0.25) is 5.91 Å². The van der Waals surface area contributed by atoms with Crippen LogP contribution in [-0.4, -0.2) is 104 Å². The quantitative estimate of drug-likeness (QED) is 0.262. The van der Waals surface area contributed by atoms with Gasteiger partial charge in [0.1, 0.15) is 42.8 Å². The van der Waals surface area contributed by atoms with Crippen LogP contribution in [0.2, 0.25) is 0 Å². The first-order valence-electron chi connectivity index (χ1n) is 16.8. The summed E-state index contributed by atoms with van der Waals surface area (Å²) in [5.74, 6) is 1.52. The number of para-hydroxylation sites is 1. The van der Waals surface area contributed by atoms with Crippen LogP contribution in [-0.2, 0) is 20.6 Å². The van der Waals surface area contributed by atoms with Crippen LogP contribution in [0.1, 0.15) is 12.2 Å². The van der Waals surface area contributed by atoms with Crippen LogP contribution in [0, 0.1) is 12.7 Å². The second-order valence-electron chi connectivity index (χ2n) is 13.6. The van der Waals surface area contributed by atoms with E-state index in [9.17, 15) is 13.8 Å². The molecular formula is C36H38FN10O3P. The summed E-state index contributed by atoms with van der Waals surface area (Å²) in [7, 11) is 0.575. The molecule has 1 saturated heterocycles. The highest BCUT2D eigenvalue weighted by Crippen LogP contribution is 2.39. The summed E-state index contributed by atoms with van der Waals surface area (Å²) in [5.41, 5.74) is 4.54. The molecule has 3 atom stereocenters. The smallest absolute Gasteiger partial charge is 0.245 e. The Hall–Kier alpha value is -5.20. The highest BCUT2D eigenvalue weighted by Gasteiger charge is 2.41. The minimum Gasteiger partial charge on any atom is -0.378 e. The van der Waals surface area contributed by atoms with Gasteiger partial charge in [-0.1, -0.05) is 18.2 Å². The molecule has 0 spiro atoms. The maximum atomic E-state index is 14.5. The van der Waals surface area contributed by atoms with Gasteiger partial charge in [0, 0.05) is 44.2 Å². The Kier molecular flexibility index (Phi) is 8.10. The molecule has 2 aliphatic rings. The molecule has 1 amide bonds. The van der Waals surface area contributed by atoms with Crippen molar-refractivity contribution in [3.05, 3.63) is 78.8 Å². The van der Waals surface area contributed by atoms with E-state index >= 15 is 0 Å². The highest BCUT2D eigenvalue weighted by atomic mass is 31.2. The monoisotopic (exact) mass is 708 g/mol. The Morgan fingerprint density at radius 1 is 1.02 bits per heavy atom. The topological polar surface area (TPSA) is 136 Å². The van der Waals surface area contributed by atoms with E-state index in [0.29, 0.717) is 59.7 Å².